The van der Waals surface area contributed by atoms with Crippen LogP contribution >= 0.6 is 0 Å². The number of para-hydroxylation sites is 1. The molecule has 0 spiro atoms. The fraction of sp³-hybridized carbons (Fsp3) is 0.438. The predicted molar refractivity (Wildman–Crippen MR) is 81.0 cm³/mol. The number of benzene rings is 1. The first-order valence-electron chi connectivity index (χ1n) is 7.28. The van der Waals surface area contributed by atoms with E-state index in [1.165, 1.54) is 5.56 Å². The molecule has 4 heteroatoms. The van der Waals surface area contributed by atoms with E-state index in [9.17, 15) is 0 Å². The van der Waals surface area contributed by atoms with Crippen molar-refractivity contribution in [2.24, 2.45) is 0 Å². The molecular weight excluding hydrogens is 248 g/mol. The smallest absolute Gasteiger partial charge is 0.0645 e. The summed E-state index contributed by atoms with van der Waals surface area (Å²) in [6, 6.07) is 10.9. The zero-order valence-electron chi connectivity index (χ0n) is 12.2. The van der Waals surface area contributed by atoms with Crippen molar-refractivity contribution in [3.8, 4) is 5.69 Å². The average molecular weight is 270 g/mol. The summed E-state index contributed by atoms with van der Waals surface area (Å²) in [5.41, 5.74) is 3.57. The Kier molecular flexibility index (Phi) is 3.85. The van der Waals surface area contributed by atoms with E-state index < -0.39 is 0 Å². The van der Waals surface area contributed by atoms with Crippen molar-refractivity contribution < 1.29 is 0 Å². The topological polar surface area (TPSA) is 33.1 Å². The van der Waals surface area contributed by atoms with Crippen LogP contribution in [0.3, 0.4) is 0 Å². The first-order valence-corrected chi connectivity index (χ1v) is 7.28. The maximum Gasteiger partial charge on any atom is 0.0645 e. The number of hydrogen-bond acceptors (Lipinski definition) is 3. The number of rotatable bonds is 3. The van der Waals surface area contributed by atoms with Crippen molar-refractivity contribution in [1.82, 2.24) is 20.0 Å². The summed E-state index contributed by atoms with van der Waals surface area (Å²) >= 11 is 0. The molecule has 3 rings (SSSR count). The molecule has 106 valence electrons. The summed E-state index contributed by atoms with van der Waals surface area (Å²) in [5.74, 6) is 0. The summed E-state index contributed by atoms with van der Waals surface area (Å²) in [4.78, 5) is 2.50. The van der Waals surface area contributed by atoms with Gasteiger partial charge in [0.2, 0.25) is 0 Å². The summed E-state index contributed by atoms with van der Waals surface area (Å²) in [5, 5.41) is 8.12. The van der Waals surface area contributed by atoms with Crippen LogP contribution in [0.5, 0.6) is 0 Å². The van der Waals surface area contributed by atoms with E-state index in [1.807, 2.05) is 22.9 Å². The van der Waals surface area contributed by atoms with Gasteiger partial charge >= 0.3 is 0 Å². The summed E-state index contributed by atoms with van der Waals surface area (Å²) in [7, 11) is 0. The first kappa shape index (κ1) is 13.3. The molecule has 2 aromatic rings. The van der Waals surface area contributed by atoms with Gasteiger partial charge in [-0.05, 0) is 26.0 Å². The van der Waals surface area contributed by atoms with Gasteiger partial charge in [-0.2, -0.15) is 5.10 Å². The van der Waals surface area contributed by atoms with E-state index in [0.717, 1.165) is 37.6 Å². The van der Waals surface area contributed by atoms with Crippen molar-refractivity contribution in [3.05, 3.63) is 47.8 Å². The van der Waals surface area contributed by atoms with Crippen molar-refractivity contribution in [2.75, 3.05) is 19.6 Å². The minimum absolute atomic E-state index is 0.577. The molecular formula is C16H22N4. The minimum atomic E-state index is 0.577. The van der Waals surface area contributed by atoms with E-state index in [-0.39, 0.29) is 0 Å². The van der Waals surface area contributed by atoms with E-state index in [4.69, 9.17) is 0 Å². The molecule has 0 aliphatic carbocycles. The highest BCUT2D eigenvalue weighted by molar-refractivity contribution is 5.32. The quantitative estimate of drug-likeness (QED) is 0.926. The van der Waals surface area contributed by atoms with E-state index in [2.05, 4.69) is 47.5 Å². The average Bonchev–Trinajstić information content (AvgIpc) is 2.81. The lowest BCUT2D eigenvalue weighted by Crippen LogP contribution is -2.48. The Morgan fingerprint density at radius 2 is 2.10 bits per heavy atom. The molecule has 1 aliphatic rings. The van der Waals surface area contributed by atoms with Crippen LogP contribution in [0.25, 0.3) is 5.69 Å². The third kappa shape index (κ3) is 2.92. The molecule has 1 N–H and O–H groups in total. The monoisotopic (exact) mass is 270 g/mol. The van der Waals surface area contributed by atoms with Gasteiger partial charge < -0.3 is 5.32 Å². The normalized spacial score (nSPS) is 20.2. The molecule has 4 nitrogen and oxygen atoms in total. The highest BCUT2D eigenvalue weighted by Crippen LogP contribution is 2.14. The lowest BCUT2D eigenvalue weighted by molar-refractivity contribution is 0.199. The summed E-state index contributed by atoms with van der Waals surface area (Å²) in [6.07, 6.45) is 2.16. The number of hydrogen-bond donors (Lipinski definition) is 1. The van der Waals surface area contributed by atoms with Gasteiger partial charge in [-0.1, -0.05) is 18.2 Å². The van der Waals surface area contributed by atoms with E-state index in [0.29, 0.717) is 6.04 Å². The fourth-order valence-corrected chi connectivity index (χ4v) is 2.76. The molecule has 1 atom stereocenters. The lowest BCUT2D eigenvalue weighted by atomic mass is 10.2. The third-order valence-corrected chi connectivity index (χ3v) is 3.87. The molecule has 1 fully saturated rings. The SMILES string of the molecule is Cc1nn(-c2ccccc2)cc1CN1CCNC(C)C1. The zero-order chi connectivity index (χ0) is 13.9. The van der Waals surface area contributed by atoms with Gasteiger partial charge in [0.05, 0.1) is 11.4 Å². The van der Waals surface area contributed by atoms with Crippen molar-refractivity contribution >= 4 is 0 Å². The Bertz CT molecular complexity index is 561. The van der Waals surface area contributed by atoms with Crippen LogP contribution in [0.1, 0.15) is 18.2 Å². The second-order valence-corrected chi connectivity index (χ2v) is 5.61. The fourth-order valence-electron chi connectivity index (χ4n) is 2.76. The highest BCUT2D eigenvalue weighted by Gasteiger charge is 2.17. The second-order valence-electron chi connectivity index (χ2n) is 5.61. The number of nitrogens with zero attached hydrogens (tertiary/aromatic N) is 3. The molecule has 1 saturated heterocycles. The van der Waals surface area contributed by atoms with E-state index in [1.54, 1.807) is 0 Å². The van der Waals surface area contributed by atoms with Gasteiger partial charge in [0.15, 0.2) is 0 Å². The minimum Gasteiger partial charge on any atom is -0.312 e. The molecule has 1 aromatic carbocycles. The van der Waals surface area contributed by atoms with Gasteiger partial charge in [-0.3, -0.25) is 4.90 Å². The Hall–Kier alpha value is -1.65. The second kappa shape index (κ2) is 5.77. The molecule has 0 radical (unpaired) electrons. The van der Waals surface area contributed by atoms with Gasteiger partial charge in [-0.15, -0.1) is 0 Å². The molecule has 2 heterocycles. The largest absolute Gasteiger partial charge is 0.312 e. The first-order chi connectivity index (χ1) is 9.72. The van der Waals surface area contributed by atoms with Crippen LogP contribution < -0.4 is 5.32 Å². The zero-order valence-corrected chi connectivity index (χ0v) is 12.2. The number of nitrogens with one attached hydrogen (secondary N) is 1. The maximum absolute atomic E-state index is 4.64. The van der Waals surface area contributed by atoms with Crippen molar-refractivity contribution in [2.45, 2.75) is 26.4 Å². The Morgan fingerprint density at radius 1 is 1.30 bits per heavy atom. The van der Waals surface area contributed by atoms with Gasteiger partial charge in [0.25, 0.3) is 0 Å². The van der Waals surface area contributed by atoms with Gasteiger partial charge in [0.1, 0.15) is 0 Å². The number of aryl methyl sites for hydroxylation is 1. The summed E-state index contributed by atoms with van der Waals surface area (Å²) in [6.45, 7) is 8.63. The van der Waals surface area contributed by atoms with E-state index >= 15 is 0 Å². The number of piperazine rings is 1. The Labute approximate surface area is 120 Å². The standard InChI is InChI=1S/C16H22N4/c1-13-10-19(9-8-17-13)11-15-12-20(18-14(15)2)16-6-4-3-5-7-16/h3-7,12-13,17H,8-11H2,1-2H3. The maximum atomic E-state index is 4.64. The van der Waals surface area contributed by atoms with Crippen LogP contribution in [0, 0.1) is 6.92 Å². The Morgan fingerprint density at radius 3 is 2.85 bits per heavy atom. The van der Waals surface area contributed by atoms with Crippen LogP contribution in [-0.2, 0) is 6.54 Å². The van der Waals surface area contributed by atoms with Crippen LogP contribution in [-0.4, -0.2) is 40.4 Å². The van der Waals surface area contributed by atoms with Crippen LogP contribution in [0.15, 0.2) is 36.5 Å². The van der Waals surface area contributed by atoms with Crippen LogP contribution in [0.4, 0.5) is 0 Å². The third-order valence-electron chi connectivity index (χ3n) is 3.87. The molecule has 0 saturated carbocycles. The van der Waals surface area contributed by atoms with Crippen molar-refractivity contribution in [3.63, 3.8) is 0 Å². The molecule has 20 heavy (non-hydrogen) atoms. The number of aromatic nitrogens is 2. The van der Waals surface area contributed by atoms with Gasteiger partial charge in [0, 0.05) is 44.0 Å². The molecule has 1 aromatic heterocycles. The molecule has 0 bridgehead atoms. The van der Waals surface area contributed by atoms with Crippen molar-refractivity contribution in [1.29, 1.82) is 0 Å². The molecule has 1 aliphatic heterocycles. The summed E-state index contributed by atoms with van der Waals surface area (Å²) < 4.78 is 1.98. The molecule has 1 unspecified atom stereocenters. The predicted octanol–water partition coefficient (Wildman–Crippen LogP) is 1.97. The highest BCUT2D eigenvalue weighted by atomic mass is 15.3. The molecule has 0 amide bonds. The Balaban J connectivity index is 1.76. The van der Waals surface area contributed by atoms with Gasteiger partial charge in [-0.25, -0.2) is 4.68 Å². The lowest BCUT2D eigenvalue weighted by Gasteiger charge is -2.31. The van der Waals surface area contributed by atoms with Crippen LogP contribution in [0.2, 0.25) is 0 Å².